The number of hydrogen-bond donors (Lipinski definition) is 1. The molecule has 1 N–H and O–H groups in total. The Bertz CT molecular complexity index is 1100. The van der Waals surface area contributed by atoms with Gasteiger partial charge in [0, 0.05) is 36.2 Å². The van der Waals surface area contributed by atoms with Crippen molar-refractivity contribution in [3.8, 4) is 0 Å². The highest BCUT2D eigenvalue weighted by molar-refractivity contribution is 7.89. The van der Waals surface area contributed by atoms with Crippen LogP contribution in [0.15, 0.2) is 53.4 Å². The van der Waals surface area contributed by atoms with Gasteiger partial charge < -0.3 is 15.0 Å². The minimum absolute atomic E-state index is 0.0938. The van der Waals surface area contributed by atoms with E-state index in [1.807, 2.05) is 12.1 Å². The molecule has 0 bridgehead atoms. The highest BCUT2D eigenvalue weighted by Gasteiger charge is 2.30. The second kappa shape index (κ2) is 13.9. The van der Waals surface area contributed by atoms with Gasteiger partial charge in [0.15, 0.2) is 0 Å². The van der Waals surface area contributed by atoms with E-state index < -0.39 is 10.0 Å². The minimum Gasteiger partial charge on any atom is -0.370 e. The van der Waals surface area contributed by atoms with E-state index >= 15 is 0 Å². The molecule has 0 saturated heterocycles. The summed E-state index contributed by atoms with van der Waals surface area (Å²) in [5, 5.41) is 4.19. The third-order valence-electron chi connectivity index (χ3n) is 7.00. The number of benzene rings is 2. The Morgan fingerprint density at radius 3 is 2.11 bits per heavy atom. The molecule has 1 aliphatic rings. The quantitative estimate of drug-likeness (QED) is 0.369. The minimum atomic E-state index is -3.63. The molecule has 10 heteroatoms. The molecule has 37 heavy (non-hydrogen) atoms. The molecular formula is C27H37Cl2N3O4S. The molecule has 0 aromatic heterocycles. The zero-order valence-electron chi connectivity index (χ0n) is 21.7. The van der Waals surface area contributed by atoms with Crippen molar-refractivity contribution in [2.24, 2.45) is 11.8 Å². The van der Waals surface area contributed by atoms with E-state index in [2.05, 4.69) is 36.4 Å². The first-order valence-electron chi connectivity index (χ1n) is 12.6. The largest absolute Gasteiger partial charge is 0.370 e. The average molecular weight is 571 g/mol. The molecule has 1 aliphatic carbocycles. The molecule has 1 atom stereocenters. The molecule has 1 amide bonds. The number of rotatable bonds is 12. The third kappa shape index (κ3) is 8.67. The summed E-state index contributed by atoms with van der Waals surface area (Å²) in [7, 11) is 2.09. The second-order valence-electron chi connectivity index (χ2n) is 9.88. The monoisotopic (exact) mass is 569 g/mol. The molecular weight excluding hydrogens is 533 g/mol. The van der Waals surface area contributed by atoms with Crippen molar-refractivity contribution >= 4 is 39.1 Å². The summed E-state index contributed by atoms with van der Waals surface area (Å²) in [4.78, 5) is 14.7. The van der Waals surface area contributed by atoms with Crippen molar-refractivity contribution in [2.45, 2.75) is 36.6 Å². The van der Waals surface area contributed by atoms with E-state index in [0.29, 0.717) is 29.4 Å². The van der Waals surface area contributed by atoms with E-state index in [9.17, 15) is 13.2 Å². The molecule has 0 spiro atoms. The van der Waals surface area contributed by atoms with Crippen LogP contribution in [0.4, 0.5) is 0 Å². The lowest BCUT2D eigenvalue weighted by Crippen LogP contribution is -2.36. The van der Waals surface area contributed by atoms with Gasteiger partial charge in [-0.3, -0.25) is 4.79 Å². The van der Waals surface area contributed by atoms with Gasteiger partial charge >= 0.3 is 0 Å². The van der Waals surface area contributed by atoms with Crippen LogP contribution in [-0.2, 0) is 19.6 Å². The van der Waals surface area contributed by atoms with Crippen LogP contribution in [0, 0.1) is 11.8 Å². The summed E-state index contributed by atoms with van der Waals surface area (Å²) in [5.74, 6) is 0.828. The van der Waals surface area contributed by atoms with Gasteiger partial charge in [0.1, 0.15) is 6.61 Å². The molecule has 2 aromatic carbocycles. The van der Waals surface area contributed by atoms with Crippen LogP contribution in [0.2, 0.25) is 10.0 Å². The number of nitrogens with one attached hydrogen (secondary N) is 1. The van der Waals surface area contributed by atoms with Gasteiger partial charge in [-0.1, -0.05) is 35.3 Å². The number of ether oxygens (including phenoxy) is 1. The number of carbonyl (C=O) groups is 1. The highest BCUT2D eigenvalue weighted by Crippen LogP contribution is 2.39. The smallest absolute Gasteiger partial charge is 0.246 e. The number of nitrogens with zero attached hydrogens (tertiary/aromatic N) is 2. The van der Waals surface area contributed by atoms with Crippen molar-refractivity contribution in [3.05, 3.63) is 64.1 Å². The van der Waals surface area contributed by atoms with Crippen LogP contribution in [0.3, 0.4) is 0 Å². The predicted octanol–water partition coefficient (Wildman–Crippen LogP) is 4.86. The fraction of sp³-hybridized carbons (Fsp3) is 0.519. The summed E-state index contributed by atoms with van der Waals surface area (Å²) in [6.07, 6.45) is 4.35. The van der Waals surface area contributed by atoms with Crippen LogP contribution in [0.1, 0.15) is 37.3 Å². The fourth-order valence-corrected chi connectivity index (χ4v) is 6.34. The Morgan fingerprint density at radius 1 is 0.973 bits per heavy atom. The zero-order chi connectivity index (χ0) is 27.0. The average Bonchev–Trinajstić information content (AvgIpc) is 2.87. The van der Waals surface area contributed by atoms with Crippen molar-refractivity contribution in [2.75, 3.05) is 47.4 Å². The lowest BCUT2D eigenvalue weighted by molar-refractivity contribution is -0.126. The van der Waals surface area contributed by atoms with E-state index in [1.165, 1.54) is 41.2 Å². The Balaban J connectivity index is 1.35. The van der Waals surface area contributed by atoms with Gasteiger partial charge in [0.05, 0.1) is 11.5 Å². The molecule has 1 unspecified atom stereocenters. The lowest BCUT2D eigenvalue weighted by Gasteiger charge is -2.37. The second-order valence-corrected chi connectivity index (χ2v) is 12.8. The molecule has 0 aliphatic heterocycles. The molecule has 1 saturated carbocycles. The summed E-state index contributed by atoms with van der Waals surface area (Å²) in [6, 6.07) is 14.5. The number of sulfonamides is 1. The molecule has 7 nitrogen and oxygen atoms in total. The van der Waals surface area contributed by atoms with Gasteiger partial charge in [-0.05, 0) is 93.6 Å². The molecule has 0 radical (unpaired) electrons. The van der Waals surface area contributed by atoms with Gasteiger partial charge in [0.25, 0.3) is 0 Å². The lowest BCUT2D eigenvalue weighted by atomic mass is 9.76. The third-order valence-corrected chi connectivity index (χ3v) is 9.37. The Labute approximate surface area is 231 Å². The SMILES string of the molecule is CN(C)C(c1ccc(Cl)cc1)C1CCC(CNC(=O)COCCN(C)S(=O)(=O)c2ccc(Cl)cc2)CC1. The maximum atomic E-state index is 12.6. The maximum Gasteiger partial charge on any atom is 0.246 e. The van der Waals surface area contributed by atoms with Crippen LogP contribution < -0.4 is 5.32 Å². The fourth-order valence-electron chi connectivity index (χ4n) is 4.93. The van der Waals surface area contributed by atoms with Crippen molar-refractivity contribution < 1.29 is 17.9 Å². The summed E-state index contributed by atoms with van der Waals surface area (Å²) in [5.41, 5.74) is 1.29. The Kier molecular flexibility index (Phi) is 11.2. The molecule has 1 fully saturated rings. The Morgan fingerprint density at radius 2 is 1.54 bits per heavy atom. The van der Waals surface area contributed by atoms with Crippen LogP contribution in [-0.4, -0.2) is 71.0 Å². The highest BCUT2D eigenvalue weighted by atomic mass is 35.5. The van der Waals surface area contributed by atoms with Gasteiger partial charge in [-0.15, -0.1) is 0 Å². The van der Waals surface area contributed by atoms with E-state index in [1.54, 1.807) is 0 Å². The van der Waals surface area contributed by atoms with E-state index in [0.717, 1.165) is 30.7 Å². The summed E-state index contributed by atoms with van der Waals surface area (Å²) < 4.78 is 31.8. The number of amides is 1. The predicted molar refractivity (Wildman–Crippen MR) is 148 cm³/mol. The van der Waals surface area contributed by atoms with Gasteiger partial charge in [-0.25, -0.2) is 8.42 Å². The van der Waals surface area contributed by atoms with Crippen LogP contribution >= 0.6 is 23.2 Å². The van der Waals surface area contributed by atoms with Crippen molar-refractivity contribution in [3.63, 3.8) is 0 Å². The molecule has 0 heterocycles. The topological polar surface area (TPSA) is 79.0 Å². The molecule has 3 rings (SSSR count). The zero-order valence-corrected chi connectivity index (χ0v) is 24.0. The van der Waals surface area contributed by atoms with Crippen molar-refractivity contribution in [1.29, 1.82) is 0 Å². The first-order chi connectivity index (χ1) is 17.6. The van der Waals surface area contributed by atoms with Gasteiger partial charge in [0.2, 0.25) is 15.9 Å². The van der Waals surface area contributed by atoms with Gasteiger partial charge in [-0.2, -0.15) is 4.31 Å². The molecule has 2 aromatic rings. The van der Waals surface area contributed by atoms with Crippen LogP contribution in [0.25, 0.3) is 0 Å². The normalized spacial score (nSPS) is 19.2. The number of hydrogen-bond acceptors (Lipinski definition) is 5. The number of likely N-dealkylation sites (N-methyl/N-ethyl adjacent to an activating group) is 1. The number of carbonyl (C=O) groups excluding carboxylic acids is 1. The maximum absolute atomic E-state index is 12.6. The number of halogens is 2. The van der Waals surface area contributed by atoms with Crippen LogP contribution in [0.5, 0.6) is 0 Å². The first kappa shape index (κ1) is 29.9. The van der Waals surface area contributed by atoms with E-state index in [-0.39, 0.29) is 30.6 Å². The van der Waals surface area contributed by atoms with Crippen molar-refractivity contribution in [1.82, 2.24) is 14.5 Å². The van der Waals surface area contributed by atoms with E-state index in [4.69, 9.17) is 27.9 Å². The first-order valence-corrected chi connectivity index (χ1v) is 14.8. The Hall–Kier alpha value is -1.68. The standard InChI is InChI=1S/C27H37Cl2N3O4S/c1-31(2)27(22-8-10-23(28)11-9-22)21-6-4-20(5-7-21)18-30-26(33)19-36-17-16-32(3)37(34,35)25-14-12-24(29)13-15-25/h8-15,20-21,27H,4-7,16-19H2,1-3H3,(H,30,33). The molecule has 204 valence electrons. The summed E-state index contributed by atoms with van der Waals surface area (Å²) >= 11 is 11.9. The summed E-state index contributed by atoms with van der Waals surface area (Å²) in [6.45, 7) is 0.804.